The lowest BCUT2D eigenvalue weighted by molar-refractivity contribution is -0.131. The Hall–Kier alpha value is -1.77. The maximum Gasteiger partial charge on any atom is 0.283 e. The molecule has 0 unspecified atom stereocenters. The van der Waals surface area contributed by atoms with Gasteiger partial charge in [0, 0.05) is 19.8 Å². The van der Waals surface area contributed by atoms with Crippen LogP contribution in [0.2, 0.25) is 0 Å². The highest BCUT2D eigenvalue weighted by molar-refractivity contribution is 9.10. The number of aromatic nitrogens is 4. The van der Waals surface area contributed by atoms with Gasteiger partial charge in [0.05, 0.1) is 22.4 Å². The maximum absolute atomic E-state index is 12.8. The van der Waals surface area contributed by atoms with Gasteiger partial charge in [0.15, 0.2) is 0 Å². The van der Waals surface area contributed by atoms with Crippen LogP contribution < -0.4 is 0 Å². The number of hydrogen-bond donors (Lipinski definition) is 0. The minimum atomic E-state index is -2.69. The summed E-state index contributed by atoms with van der Waals surface area (Å²) in [5, 5.41) is 8.12. The fourth-order valence-corrected chi connectivity index (χ4v) is 2.54. The maximum atomic E-state index is 12.8. The number of nitrogens with zero attached hydrogens (tertiary/aromatic N) is 5. The summed E-state index contributed by atoms with van der Waals surface area (Å²) >= 11 is 3.09. The summed E-state index contributed by atoms with van der Waals surface area (Å²) in [4.78, 5) is 13.8. The van der Waals surface area contributed by atoms with Crippen molar-refractivity contribution >= 4 is 21.8 Å². The molecule has 0 fully saturated rings. The van der Waals surface area contributed by atoms with E-state index >= 15 is 0 Å². The number of likely N-dealkylation sites (N-methyl/N-ethyl adjacent to an activating group) is 1. The first-order chi connectivity index (χ1) is 10.8. The summed E-state index contributed by atoms with van der Waals surface area (Å²) in [6.45, 7) is 4.63. The Labute approximate surface area is 141 Å². The molecule has 0 N–H and O–H groups in total. The van der Waals surface area contributed by atoms with E-state index in [1.807, 2.05) is 19.2 Å². The van der Waals surface area contributed by atoms with Crippen LogP contribution in [0.5, 0.6) is 0 Å². The Morgan fingerprint density at radius 1 is 1.43 bits per heavy atom. The summed E-state index contributed by atoms with van der Waals surface area (Å²) in [6.07, 6.45) is -0.840. The second-order valence-corrected chi connectivity index (χ2v) is 5.95. The van der Waals surface area contributed by atoms with E-state index in [-0.39, 0.29) is 22.6 Å². The van der Waals surface area contributed by atoms with Crippen molar-refractivity contribution in [2.45, 2.75) is 39.9 Å². The smallest absolute Gasteiger partial charge is 0.283 e. The molecule has 0 aliphatic rings. The van der Waals surface area contributed by atoms with Gasteiger partial charge in [0.1, 0.15) is 12.2 Å². The lowest BCUT2D eigenvalue weighted by Crippen LogP contribution is -2.30. The molecule has 9 heteroatoms. The molecule has 2 heterocycles. The Bertz CT molecular complexity index is 697. The molecule has 2 aromatic heterocycles. The minimum Gasteiger partial charge on any atom is -0.338 e. The topological polar surface area (TPSA) is 56.0 Å². The summed E-state index contributed by atoms with van der Waals surface area (Å²) in [5.74, 6) is -0.227. The minimum absolute atomic E-state index is 0.0951. The molecule has 0 aliphatic carbocycles. The van der Waals surface area contributed by atoms with Crippen molar-refractivity contribution < 1.29 is 13.6 Å². The van der Waals surface area contributed by atoms with Crippen molar-refractivity contribution in [3.8, 4) is 0 Å². The Kier molecular flexibility index (Phi) is 5.51. The van der Waals surface area contributed by atoms with Crippen LogP contribution in [0.1, 0.15) is 30.4 Å². The number of rotatable bonds is 6. The quantitative estimate of drug-likeness (QED) is 0.762. The summed E-state index contributed by atoms with van der Waals surface area (Å²) in [7, 11) is 1.65. The van der Waals surface area contributed by atoms with Crippen LogP contribution >= 0.6 is 15.9 Å². The molecule has 0 aromatic carbocycles. The first kappa shape index (κ1) is 17.6. The Balaban J connectivity index is 2.05. The van der Waals surface area contributed by atoms with E-state index in [4.69, 9.17) is 0 Å². The second-order valence-electron chi connectivity index (χ2n) is 5.16. The number of carbonyl (C=O) groups is 1. The third kappa shape index (κ3) is 3.95. The first-order valence-electron chi connectivity index (χ1n) is 7.10. The van der Waals surface area contributed by atoms with Crippen molar-refractivity contribution in [1.82, 2.24) is 24.5 Å². The standard InChI is InChI=1S/C14H18BrF2N5O/c1-4-21-6-5-10(18-21)7-20(3)11(23)8-22-9(2)12(15)13(19-22)14(16)17/h5-6,14H,4,7-8H2,1-3H3. The lowest BCUT2D eigenvalue weighted by atomic mass is 10.3. The number of carbonyl (C=O) groups excluding carboxylic acids is 1. The fraction of sp³-hybridized carbons (Fsp3) is 0.500. The van der Waals surface area contributed by atoms with E-state index in [0.29, 0.717) is 12.2 Å². The molecule has 6 nitrogen and oxygen atoms in total. The van der Waals surface area contributed by atoms with Crippen molar-refractivity contribution in [3.63, 3.8) is 0 Å². The Morgan fingerprint density at radius 3 is 2.65 bits per heavy atom. The van der Waals surface area contributed by atoms with Crippen LogP contribution in [0.3, 0.4) is 0 Å². The number of halogens is 3. The summed E-state index contributed by atoms with van der Waals surface area (Å²) < 4.78 is 29.0. The van der Waals surface area contributed by atoms with Gasteiger partial charge in [-0.15, -0.1) is 0 Å². The van der Waals surface area contributed by atoms with E-state index in [2.05, 4.69) is 26.1 Å². The zero-order valence-electron chi connectivity index (χ0n) is 13.1. The van der Waals surface area contributed by atoms with Gasteiger partial charge in [-0.05, 0) is 35.8 Å². The lowest BCUT2D eigenvalue weighted by Gasteiger charge is -2.16. The predicted octanol–water partition coefficient (Wildman–Crippen LogP) is 2.77. The first-order valence-corrected chi connectivity index (χ1v) is 7.90. The van der Waals surface area contributed by atoms with Gasteiger partial charge in [-0.2, -0.15) is 10.2 Å². The molecule has 0 bridgehead atoms. The average molecular weight is 390 g/mol. The van der Waals surface area contributed by atoms with Gasteiger partial charge in [-0.1, -0.05) is 0 Å². The number of amides is 1. The average Bonchev–Trinajstić information content (AvgIpc) is 3.06. The van der Waals surface area contributed by atoms with Crippen LogP contribution in [-0.2, 0) is 24.4 Å². The largest absolute Gasteiger partial charge is 0.338 e. The Morgan fingerprint density at radius 2 is 2.13 bits per heavy atom. The zero-order valence-corrected chi connectivity index (χ0v) is 14.7. The predicted molar refractivity (Wildman–Crippen MR) is 84.0 cm³/mol. The molecule has 23 heavy (non-hydrogen) atoms. The molecule has 126 valence electrons. The van der Waals surface area contributed by atoms with Crippen LogP contribution in [0.25, 0.3) is 0 Å². The zero-order chi connectivity index (χ0) is 17.1. The highest BCUT2D eigenvalue weighted by Crippen LogP contribution is 2.28. The number of aryl methyl sites for hydroxylation is 1. The van der Waals surface area contributed by atoms with Crippen LogP contribution in [0.4, 0.5) is 8.78 Å². The van der Waals surface area contributed by atoms with Gasteiger partial charge >= 0.3 is 0 Å². The van der Waals surface area contributed by atoms with Crippen molar-refractivity contribution in [2.75, 3.05) is 7.05 Å². The van der Waals surface area contributed by atoms with Crippen molar-refractivity contribution in [3.05, 3.63) is 33.8 Å². The molecule has 0 saturated heterocycles. The SMILES string of the molecule is CCn1ccc(CN(C)C(=O)Cn2nc(C(F)F)c(Br)c2C)n1. The highest BCUT2D eigenvalue weighted by Gasteiger charge is 2.22. The molecule has 0 spiro atoms. The molecule has 0 aliphatic heterocycles. The summed E-state index contributed by atoms with van der Waals surface area (Å²) in [5.41, 5.74) is 0.922. The monoisotopic (exact) mass is 389 g/mol. The van der Waals surface area contributed by atoms with E-state index in [1.54, 1.807) is 18.7 Å². The molecule has 0 radical (unpaired) electrons. The highest BCUT2D eigenvalue weighted by atomic mass is 79.9. The van der Waals surface area contributed by atoms with Crippen LogP contribution in [0, 0.1) is 6.92 Å². The molecule has 2 rings (SSSR count). The van der Waals surface area contributed by atoms with E-state index in [9.17, 15) is 13.6 Å². The van der Waals surface area contributed by atoms with Crippen LogP contribution in [0.15, 0.2) is 16.7 Å². The molecule has 1 amide bonds. The number of alkyl halides is 2. The third-order valence-corrected chi connectivity index (χ3v) is 4.47. The van der Waals surface area contributed by atoms with E-state index in [1.165, 1.54) is 9.58 Å². The fourth-order valence-electron chi connectivity index (χ4n) is 2.09. The van der Waals surface area contributed by atoms with Gasteiger partial charge in [-0.25, -0.2) is 8.78 Å². The number of hydrogen-bond acceptors (Lipinski definition) is 3. The van der Waals surface area contributed by atoms with Crippen LogP contribution in [-0.4, -0.2) is 37.4 Å². The van der Waals surface area contributed by atoms with Gasteiger partial charge in [-0.3, -0.25) is 14.2 Å². The van der Waals surface area contributed by atoms with Gasteiger partial charge in [0.25, 0.3) is 6.43 Å². The molecule has 0 atom stereocenters. The van der Waals surface area contributed by atoms with Gasteiger partial charge < -0.3 is 4.90 Å². The third-order valence-electron chi connectivity index (χ3n) is 3.49. The molecule has 0 saturated carbocycles. The molecular weight excluding hydrogens is 372 g/mol. The normalized spacial score (nSPS) is 11.3. The molecule has 2 aromatic rings. The summed E-state index contributed by atoms with van der Waals surface area (Å²) in [6, 6.07) is 1.85. The van der Waals surface area contributed by atoms with Crippen molar-refractivity contribution in [1.29, 1.82) is 0 Å². The van der Waals surface area contributed by atoms with E-state index in [0.717, 1.165) is 12.2 Å². The molecular formula is C14H18BrF2N5O. The van der Waals surface area contributed by atoms with Crippen molar-refractivity contribution in [2.24, 2.45) is 0 Å². The van der Waals surface area contributed by atoms with Gasteiger partial charge in [0.2, 0.25) is 5.91 Å². The van der Waals surface area contributed by atoms with E-state index < -0.39 is 6.43 Å². The second kappa shape index (κ2) is 7.20.